The molecular weight excluding hydrogens is 290 g/mol. The molecule has 100 valence electrons. The minimum atomic E-state index is 0.493. The average molecular weight is 302 g/mol. The van der Waals surface area contributed by atoms with Crippen LogP contribution in [0.4, 0.5) is 0 Å². The van der Waals surface area contributed by atoms with Gasteiger partial charge in [-0.15, -0.1) is 11.8 Å². The van der Waals surface area contributed by atoms with Crippen molar-refractivity contribution in [1.82, 2.24) is 9.97 Å². The number of thioether (sulfide) groups is 1. The monoisotopic (exact) mass is 301 g/mol. The van der Waals surface area contributed by atoms with Gasteiger partial charge in [0.15, 0.2) is 0 Å². The predicted molar refractivity (Wildman–Crippen MR) is 79.8 cm³/mol. The van der Waals surface area contributed by atoms with Gasteiger partial charge in [0.1, 0.15) is 16.2 Å². The molecule has 2 aromatic rings. The molecule has 1 aliphatic rings. The number of fused-ring (bicyclic) bond motifs is 1. The number of nitrogens with zero attached hydrogens (tertiary/aromatic N) is 3. The second-order valence-corrected chi connectivity index (χ2v) is 6.04. The number of aryl methyl sites for hydroxylation is 2. The minimum Gasteiger partial charge on any atom is -0.245 e. The highest BCUT2D eigenvalue weighted by molar-refractivity contribution is 7.98. The minimum absolute atomic E-state index is 0.493. The van der Waals surface area contributed by atoms with Crippen LogP contribution in [0, 0.1) is 11.3 Å². The Balaban J connectivity index is 1.80. The number of hydrogen-bond donors (Lipinski definition) is 0. The molecular formula is C15H12ClN3S. The zero-order valence-electron chi connectivity index (χ0n) is 10.8. The van der Waals surface area contributed by atoms with E-state index in [4.69, 9.17) is 11.6 Å². The Kier molecular flexibility index (Phi) is 3.90. The van der Waals surface area contributed by atoms with Gasteiger partial charge in [-0.25, -0.2) is 9.97 Å². The first kappa shape index (κ1) is 13.4. The van der Waals surface area contributed by atoms with Crippen molar-refractivity contribution in [3.8, 4) is 6.07 Å². The third kappa shape index (κ3) is 2.79. The highest BCUT2D eigenvalue weighted by Gasteiger charge is 2.16. The SMILES string of the molecule is N#Cc1cc2c(nc1SCc1ccc(Cl)nc1)CCC2. The summed E-state index contributed by atoms with van der Waals surface area (Å²) in [6.07, 6.45) is 4.97. The third-order valence-electron chi connectivity index (χ3n) is 3.30. The first-order valence-corrected chi connectivity index (χ1v) is 7.79. The van der Waals surface area contributed by atoms with Crippen molar-refractivity contribution < 1.29 is 0 Å². The largest absolute Gasteiger partial charge is 0.245 e. The summed E-state index contributed by atoms with van der Waals surface area (Å²) in [7, 11) is 0. The van der Waals surface area contributed by atoms with E-state index < -0.39 is 0 Å². The van der Waals surface area contributed by atoms with Gasteiger partial charge in [0.2, 0.25) is 0 Å². The van der Waals surface area contributed by atoms with Crippen LogP contribution in [-0.2, 0) is 18.6 Å². The van der Waals surface area contributed by atoms with Crippen LogP contribution in [-0.4, -0.2) is 9.97 Å². The fourth-order valence-corrected chi connectivity index (χ4v) is 3.31. The number of aromatic nitrogens is 2. The van der Waals surface area contributed by atoms with Gasteiger partial charge in [-0.05, 0) is 42.5 Å². The summed E-state index contributed by atoms with van der Waals surface area (Å²) in [5.41, 5.74) is 4.14. The number of hydrogen-bond acceptors (Lipinski definition) is 4. The van der Waals surface area contributed by atoms with Crippen LogP contribution in [0.25, 0.3) is 0 Å². The van der Waals surface area contributed by atoms with Gasteiger partial charge >= 0.3 is 0 Å². The van der Waals surface area contributed by atoms with Crippen molar-refractivity contribution >= 4 is 23.4 Å². The lowest BCUT2D eigenvalue weighted by Gasteiger charge is -2.06. The Hall–Kier alpha value is -1.57. The molecule has 20 heavy (non-hydrogen) atoms. The van der Waals surface area contributed by atoms with Crippen LogP contribution < -0.4 is 0 Å². The van der Waals surface area contributed by atoms with E-state index in [0.29, 0.717) is 10.7 Å². The van der Waals surface area contributed by atoms with Gasteiger partial charge in [0.05, 0.1) is 5.56 Å². The van der Waals surface area contributed by atoms with E-state index in [1.807, 2.05) is 12.1 Å². The molecule has 3 nitrogen and oxygen atoms in total. The van der Waals surface area contributed by atoms with E-state index in [-0.39, 0.29) is 0 Å². The Morgan fingerprint density at radius 3 is 3.00 bits per heavy atom. The van der Waals surface area contributed by atoms with Gasteiger partial charge < -0.3 is 0 Å². The number of nitriles is 1. The van der Waals surface area contributed by atoms with Crippen LogP contribution in [0.1, 0.15) is 28.8 Å². The van der Waals surface area contributed by atoms with E-state index in [1.165, 1.54) is 5.56 Å². The predicted octanol–water partition coefficient (Wildman–Crippen LogP) is 3.78. The zero-order chi connectivity index (χ0) is 13.9. The standard InChI is InChI=1S/C15H12ClN3S/c16-14-5-4-10(8-18-14)9-20-15-12(7-17)6-11-2-1-3-13(11)19-15/h4-6,8H,1-3,9H2. The topological polar surface area (TPSA) is 49.6 Å². The molecule has 3 rings (SSSR count). The molecule has 5 heteroatoms. The van der Waals surface area contributed by atoms with Crippen molar-refractivity contribution in [3.63, 3.8) is 0 Å². The van der Waals surface area contributed by atoms with Gasteiger partial charge in [-0.3, -0.25) is 0 Å². The molecule has 2 heterocycles. The second-order valence-electron chi connectivity index (χ2n) is 4.69. The lowest BCUT2D eigenvalue weighted by Crippen LogP contribution is -1.95. The van der Waals surface area contributed by atoms with Gasteiger partial charge in [-0.1, -0.05) is 17.7 Å². The smallest absolute Gasteiger partial charge is 0.129 e. The van der Waals surface area contributed by atoms with Crippen LogP contribution in [0.2, 0.25) is 5.15 Å². The molecule has 0 saturated carbocycles. The Morgan fingerprint density at radius 1 is 1.35 bits per heavy atom. The van der Waals surface area contributed by atoms with E-state index in [0.717, 1.165) is 41.3 Å². The van der Waals surface area contributed by atoms with Crippen LogP contribution >= 0.6 is 23.4 Å². The number of halogens is 1. The lowest BCUT2D eigenvalue weighted by atomic mass is 10.2. The van der Waals surface area contributed by atoms with E-state index in [2.05, 4.69) is 16.0 Å². The van der Waals surface area contributed by atoms with Crippen LogP contribution in [0.3, 0.4) is 0 Å². The highest BCUT2D eigenvalue weighted by atomic mass is 35.5. The molecule has 0 saturated heterocycles. The van der Waals surface area contributed by atoms with Crippen molar-refractivity contribution in [2.24, 2.45) is 0 Å². The first-order valence-electron chi connectivity index (χ1n) is 6.42. The number of rotatable bonds is 3. The molecule has 2 aromatic heterocycles. The molecule has 0 aliphatic heterocycles. The summed E-state index contributed by atoms with van der Waals surface area (Å²) < 4.78 is 0. The van der Waals surface area contributed by atoms with Crippen LogP contribution in [0.15, 0.2) is 29.4 Å². The fourth-order valence-electron chi connectivity index (χ4n) is 2.29. The molecule has 0 radical (unpaired) electrons. The molecule has 0 aromatic carbocycles. The Bertz CT molecular complexity index is 677. The van der Waals surface area contributed by atoms with Crippen molar-refractivity contribution in [2.75, 3.05) is 0 Å². The van der Waals surface area contributed by atoms with Gasteiger partial charge in [-0.2, -0.15) is 5.26 Å². The van der Waals surface area contributed by atoms with Gasteiger partial charge in [0.25, 0.3) is 0 Å². The maximum atomic E-state index is 9.25. The molecule has 0 amide bonds. The summed E-state index contributed by atoms with van der Waals surface area (Å²) >= 11 is 7.35. The molecule has 0 unspecified atom stereocenters. The van der Waals surface area contributed by atoms with E-state index in [9.17, 15) is 5.26 Å². The average Bonchev–Trinajstić information content (AvgIpc) is 2.92. The first-order chi connectivity index (χ1) is 9.76. The van der Waals surface area contributed by atoms with E-state index >= 15 is 0 Å². The van der Waals surface area contributed by atoms with Crippen molar-refractivity contribution in [3.05, 3.63) is 51.9 Å². The summed E-state index contributed by atoms with van der Waals surface area (Å²) in [6.45, 7) is 0. The van der Waals surface area contributed by atoms with Crippen molar-refractivity contribution in [2.45, 2.75) is 30.0 Å². The van der Waals surface area contributed by atoms with Crippen LogP contribution in [0.5, 0.6) is 0 Å². The highest BCUT2D eigenvalue weighted by Crippen LogP contribution is 2.29. The normalized spacial score (nSPS) is 13.0. The second kappa shape index (κ2) is 5.82. The molecule has 0 spiro atoms. The summed E-state index contributed by atoms with van der Waals surface area (Å²) in [5, 5.41) is 10.6. The fraction of sp³-hybridized carbons (Fsp3) is 0.267. The van der Waals surface area contributed by atoms with E-state index in [1.54, 1.807) is 24.0 Å². The molecule has 0 atom stereocenters. The maximum Gasteiger partial charge on any atom is 0.129 e. The number of pyridine rings is 2. The molecule has 0 N–H and O–H groups in total. The lowest BCUT2D eigenvalue weighted by molar-refractivity contribution is 0.891. The Morgan fingerprint density at radius 2 is 2.25 bits per heavy atom. The Labute approximate surface area is 127 Å². The quantitative estimate of drug-likeness (QED) is 0.639. The summed E-state index contributed by atoms with van der Waals surface area (Å²) in [4.78, 5) is 8.71. The summed E-state index contributed by atoms with van der Waals surface area (Å²) in [6, 6.07) is 7.97. The maximum absolute atomic E-state index is 9.25. The summed E-state index contributed by atoms with van der Waals surface area (Å²) in [5.74, 6) is 0.741. The molecule has 0 fully saturated rings. The zero-order valence-corrected chi connectivity index (χ0v) is 12.3. The molecule has 0 bridgehead atoms. The molecule has 1 aliphatic carbocycles. The third-order valence-corrected chi connectivity index (χ3v) is 4.59. The van der Waals surface area contributed by atoms with Crippen molar-refractivity contribution in [1.29, 1.82) is 5.26 Å². The van der Waals surface area contributed by atoms with Gasteiger partial charge in [0, 0.05) is 17.6 Å².